The molecular formula is C22H27FN4O3. The van der Waals surface area contributed by atoms with E-state index in [0.29, 0.717) is 12.3 Å². The van der Waals surface area contributed by atoms with Crippen molar-refractivity contribution in [2.45, 2.75) is 6.42 Å². The first kappa shape index (κ1) is 21.7. The number of ether oxygens (including phenoxy) is 1. The van der Waals surface area contributed by atoms with E-state index >= 15 is 0 Å². The zero-order valence-corrected chi connectivity index (χ0v) is 17.1. The standard InChI is InChI=1S/C22H27FN4O3/c1-26-12-14-27(15-13-26)11-5-10-24-21(28)22(29)25-19-16-17(23)8-9-20(19)30-18-6-3-2-4-7-18/h2-4,6-9,16H,5,10-15H2,1H3,(H,24,28)(H,25,29). The SMILES string of the molecule is CN1CCN(CCCNC(=O)C(=O)Nc2cc(F)ccc2Oc2ccccc2)CC1. The Morgan fingerprint density at radius 3 is 2.50 bits per heavy atom. The monoisotopic (exact) mass is 414 g/mol. The van der Waals surface area contributed by atoms with Gasteiger partial charge in [0.25, 0.3) is 0 Å². The number of rotatable bonds is 7. The molecule has 2 N–H and O–H groups in total. The highest BCUT2D eigenvalue weighted by Crippen LogP contribution is 2.30. The van der Waals surface area contributed by atoms with E-state index in [1.807, 2.05) is 6.07 Å². The van der Waals surface area contributed by atoms with Crippen LogP contribution in [0.25, 0.3) is 0 Å². The van der Waals surface area contributed by atoms with Crippen LogP contribution >= 0.6 is 0 Å². The first-order chi connectivity index (χ1) is 14.5. The summed E-state index contributed by atoms with van der Waals surface area (Å²) in [5, 5.41) is 5.05. The van der Waals surface area contributed by atoms with Gasteiger partial charge in [-0.3, -0.25) is 9.59 Å². The van der Waals surface area contributed by atoms with E-state index in [2.05, 4.69) is 27.5 Å². The van der Waals surface area contributed by atoms with Gasteiger partial charge in [-0.25, -0.2) is 4.39 Å². The lowest BCUT2D eigenvalue weighted by molar-refractivity contribution is -0.136. The number of para-hydroxylation sites is 1. The maximum Gasteiger partial charge on any atom is 0.313 e. The number of piperazine rings is 1. The number of likely N-dealkylation sites (N-methyl/N-ethyl adjacent to an activating group) is 1. The zero-order valence-electron chi connectivity index (χ0n) is 17.1. The van der Waals surface area contributed by atoms with Crippen molar-refractivity contribution in [1.82, 2.24) is 15.1 Å². The van der Waals surface area contributed by atoms with Crippen molar-refractivity contribution < 1.29 is 18.7 Å². The quantitative estimate of drug-likeness (QED) is 0.537. The Hall–Kier alpha value is -2.97. The van der Waals surface area contributed by atoms with Crippen LogP contribution in [0, 0.1) is 5.82 Å². The Morgan fingerprint density at radius 2 is 1.77 bits per heavy atom. The summed E-state index contributed by atoms with van der Waals surface area (Å²) in [4.78, 5) is 29.0. The molecule has 8 heteroatoms. The van der Waals surface area contributed by atoms with Gasteiger partial charge in [-0.05, 0) is 44.3 Å². The van der Waals surface area contributed by atoms with Crippen LogP contribution in [0.3, 0.4) is 0 Å². The molecule has 1 fully saturated rings. The minimum absolute atomic E-state index is 0.0939. The first-order valence-corrected chi connectivity index (χ1v) is 10.0. The van der Waals surface area contributed by atoms with Gasteiger partial charge in [-0.2, -0.15) is 0 Å². The molecule has 0 bridgehead atoms. The van der Waals surface area contributed by atoms with Gasteiger partial charge in [0.05, 0.1) is 5.69 Å². The lowest BCUT2D eigenvalue weighted by atomic mass is 10.2. The van der Waals surface area contributed by atoms with Gasteiger partial charge in [-0.15, -0.1) is 0 Å². The van der Waals surface area contributed by atoms with Gasteiger partial charge < -0.3 is 25.2 Å². The number of nitrogens with zero attached hydrogens (tertiary/aromatic N) is 2. The number of halogens is 1. The van der Waals surface area contributed by atoms with E-state index in [0.717, 1.165) is 45.2 Å². The molecule has 0 atom stereocenters. The number of carbonyl (C=O) groups excluding carboxylic acids is 2. The van der Waals surface area contributed by atoms with Crippen LogP contribution in [-0.2, 0) is 9.59 Å². The highest BCUT2D eigenvalue weighted by molar-refractivity contribution is 6.39. The topological polar surface area (TPSA) is 73.9 Å². The van der Waals surface area contributed by atoms with Crippen molar-refractivity contribution >= 4 is 17.5 Å². The maximum atomic E-state index is 13.7. The van der Waals surface area contributed by atoms with Crippen molar-refractivity contribution in [3.8, 4) is 11.5 Å². The van der Waals surface area contributed by atoms with E-state index in [-0.39, 0.29) is 11.4 Å². The molecule has 0 saturated carbocycles. The van der Waals surface area contributed by atoms with Crippen LogP contribution in [0.5, 0.6) is 11.5 Å². The van der Waals surface area contributed by atoms with Gasteiger partial charge in [-0.1, -0.05) is 18.2 Å². The highest BCUT2D eigenvalue weighted by Gasteiger charge is 2.17. The van der Waals surface area contributed by atoms with E-state index in [4.69, 9.17) is 4.74 Å². The molecule has 1 heterocycles. The Labute approximate surface area is 175 Å². The van der Waals surface area contributed by atoms with E-state index < -0.39 is 17.6 Å². The van der Waals surface area contributed by atoms with Crippen molar-refractivity contribution in [2.24, 2.45) is 0 Å². The van der Waals surface area contributed by atoms with Crippen LogP contribution in [0.15, 0.2) is 48.5 Å². The lowest BCUT2D eigenvalue weighted by Crippen LogP contribution is -2.45. The predicted octanol–water partition coefficient (Wildman–Crippen LogP) is 2.31. The maximum absolute atomic E-state index is 13.7. The summed E-state index contributed by atoms with van der Waals surface area (Å²) in [7, 11) is 2.10. The predicted molar refractivity (Wildman–Crippen MR) is 113 cm³/mol. The van der Waals surface area contributed by atoms with Gasteiger partial charge >= 0.3 is 11.8 Å². The zero-order chi connectivity index (χ0) is 21.3. The van der Waals surface area contributed by atoms with Crippen LogP contribution in [0.1, 0.15) is 6.42 Å². The third-order valence-electron chi connectivity index (χ3n) is 4.90. The molecule has 0 aliphatic carbocycles. The number of hydrogen-bond donors (Lipinski definition) is 2. The summed E-state index contributed by atoms with van der Waals surface area (Å²) in [5.41, 5.74) is 0.0939. The molecule has 1 saturated heterocycles. The van der Waals surface area contributed by atoms with E-state index in [1.165, 1.54) is 12.1 Å². The Kier molecular flexibility index (Phi) is 7.75. The van der Waals surface area contributed by atoms with Crippen LogP contribution in [0.4, 0.5) is 10.1 Å². The second kappa shape index (κ2) is 10.7. The Bertz CT molecular complexity index is 855. The molecule has 1 aliphatic rings. The third kappa shape index (κ3) is 6.53. The Morgan fingerprint density at radius 1 is 1.03 bits per heavy atom. The molecule has 2 aromatic rings. The minimum Gasteiger partial charge on any atom is -0.455 e. The van der Waals surface area contributed by atoms with E-state index in [1.54, 1.807) is 24.3 Å². The minimum atomic E-state index is -0.863. The molecule has 30 heavy (non-hydrogen) atoms. The normalized spacial score (nSPS) is 14.9. The molecule has 0 aromatic heterocycles. The summed E-state index contributed by atoms with van der Waals surface area (Å²) in [6.45, 7) is 5.36. The fourth-order valence-electron chi connectivity index (χ4n) is 3.14. The molecule has 0 radical (unpaired) electrons. The fraction of sp³-hybridized carbons (Fsp3) is 0.364. The molecule has 0 unspecified atom stereocenters. The van der Waals surface area contributed by atoms with Crippen LogP contribution < -0.4 is 15.4 Å². The summed E-state index contributed by atoms with van der Waals surface area (Å²) in [5.74, 6) is -1.38. The van der Waals surface area contributed by atoms with Crippen molar-refractivity contribution in [3.05, 3.63) is 54.3 Å². The molecular weight excluding hydrogens is 387 g/mol. The average molecular weight is 414 g/mol. The second-order valence-electron chi connectivity index (χ2n) is 7.26. The summed E-state index contributed by atoms with van der Waals surface area (Å²) < 4.78 is 19.4. The summed E-state index contributed by atoms with van der Waals surface area (Å²) in [6.07, 6.45) is 0.755. The molecule has 2 amide bonds. The number of nitrogens with one attached hydrogen (secondary N) is 2. The largest absolute Gasteiger partial charge is 0.455 e. The molecule has 0 spiro atoms. The number of amides is 2. The average Bonchev–Trinajstić information content (AvgIpc) is 2.75. The van der Waals surface area contributed by atoms with Crippen molar-refractivity contribution in [3.63, 3.8) is 0 Å². The number of carbonyl (C=O) groups is 2. The van der Waals surface area contributed by atoms with Gasteiger partial charge in [0.2, 0.25) is 0 Å². The van der Waals surface area contributed by atoms with Gasteiger partial charge in [0, 0.05) is 38.8 Å². The molecule has 3 rings (SSSR count). The van der Waals surface area contributed by atoms with Crippen molar-refractivity contribution in [1.29, 1.82) is 0 Å². The summed E-state index contributed by atoms with van der Waals surface area (Å²) >= 11 is 0. The summed E-state index contributed by atoms with van der Waals surface area (Å²) in [6, 6.07) is 12.7. The number of anilines is 1. The number of hydrogen-bond acceptors (Lipinski definition) is 5. The lowest BCUT2D eigenvalue weighted by Gasteiger charge is -2.32. The second-order valence-corrected chi connectivity index (χ2v) is 7.26. The highest BCUT2D eigenvalue weighted by atomic mass is 19.1. The van der Waals surface area contributed by atoms with Gasteiger partial charge in [0.1, 0.15) is 11.6 Å². The molecule has 2 aromatic carbocycles. The van der Waals surface area contributed by atoms with Crippen molar-refractivity contribution in [2.75, 3.05) is 51.6 Å². The third-order valence-corrected chi connectivity index (χ3v) is 4.90. The van der Waals surface area contributed by atoms with Crippen LogP contribution in [0.2, 0.25) is 0 Å². The van der Waals surface area contributed by atoms with Crippen LogP contribution in [-0.4, -0.2) is 67.9 Å². The van der Waals surface area contributed by atoms with Gasteiger partial charge in [0.15, 0.2) is 5.75 Å². The number of benzene rings is 2. The first-order valence-electron chi connectivity index (χ1n) is 10.0. The van der Waals surface area contributed by atoms with E-state index in [9.17, 15) is 14.0 Å². The Balaban J connectivity index is 1.48. The smallest absolute Gasteiger partial charge is 0.313 e. The fourth-order valence-corrected chi connectivity index (χ4v) is 3.14. The molecule has 160 valence electrons. The molecule has 7 nitrogen and oxygen atoms in total. The molecule has 1 aliphatic heterocycles.